The van der Waals surface area contributed by atoms with E-state index in [1.807, 2.05) is 30.3 Å². The van der Waals surface area contributed by atoms with Gasteiger partial charge in [-0.3, -0.25) is 9.88 Å². The third kappa shape index (κ3) is 4.23. The second-order valence-electron chi connectivity index (χ2n) is 9.30. The van der Waals surface area contributed by atoms with E-state index in [4.69, 9.17) is 0 Å². The Labute approximate surface area is 196 Å². The average Bonchev–Trinajstić information content (AvgIpc) is 2.87. The summed E-state index contributed by atoms with van der Waals surface area (Å²) >= 11 is 0. The summed E-state index contributed by atoms with van der Waals surface area (Å²) in [5.74, 6) is 1.35. The monoisotopic (exact) mass is 461 g/mol. The minimum Gasteiger partial charge on any atom is -0.298 e. The molecule has 6 rings (SSSR count). The predicted octanol–water partition coefficient (Wildman–Crippen LogP) is 5.02. The summed E-state index contributed by atoms with van der Waals surface area (Å²) in [5, 5.41) is 1.00. The topological polar surface area (TPSA) is 62.3 Å². The molecule has 6 heteroatoms. The summed E-state index contributed by atoms with van der Waals surface area (Å²) in [7, 11) is -3.72. The first kappa shape index (κ1) is 22.3. The number of rotatable bonds is 7. The summed E-state index contributed by atoms with van der Waals surface area (Å²) in [6, 6.07) is 16.6. The number of nitrogens with one attached hydrogen (secondary N) is 1. The van der Waals surface area contributed by atoms with Crippen LogP contribution >= 0.6 is 0 Å². The molecule has 3 fully saturated rings. The van der Waals surface area contributed by atoms with Crippen molar-refractivity contribution < 1.29 is 8.42 Å². The molecule has 0 aliphatic carbocycles. The molecule has 2 bridgehead atoms. The molecule has 3 aliphatic heterocycles. The van der Waals surface area contributed by atoms with Crippen LogP contribution in [0.4, 0.5) is 0 Å². The first-order valence-corrected chi connectivity index (χ1v) is 13.3. The van der Waals surface area contributed by atoms with Gasteiger partial charge in [0.2, 0.25) is 10.0 Å². The molecule has 3 aromatic rings. The third-order valence-electron chi connectivity index (χ3n) is 7.57. The SMILES string of the molecule is C=Cc1ccc(S(=O)(=O)NC(c2ccnc3ccccc23)C2CC3CCN2CC3CC)cc1. The van der Waals surface area contributed by atoms with E-state index in [9.17, 15) is 8.42 Å². The lowest BCUT2D eigenvalue weighted by atomic mass is 9.72. The normalized spacial score (nSPS) is 25.7. The minimum absolute atomic E-state index is 0.125. The second-order valence-corrected chi connectivity index (χ2v) is 11.0. The highest BCUT2D eigenvalue weighted by Crippen LogP contribution is 2.43. The Bertz CT molecular complexity index is 1250. The largest absolute Gasteiger partial charge is 0.298 e. The van der Waals surface area contributed by atoms with Gasteiger partial charge in [0.15, 0.2) is 0 Å². The molecule has 172 valence electrons. The first-order chi connectivity index (χ1) is 16.0. The molecule has 5 unspecified atom stereocenters. The fourth-order valence-corrected chi connectivity index (χ4v) is 6.99. The molecule has 2 aromatic carbocycles. The molecule has 0 radical (unpaired) electrons. The summed E-state index contributed by atoms with van der Waals surface area (Å²) in [6.45, 7) is 8.10. The van der Waals surface area contributed by atoms with Crippen LogP contribution in [0.15, 0.2) is 72.3 Å². The highest BCUT2D eigenvalue weighted by atomic mass is 32.2. The van der Waals surface area contributed by atoms with E-state index >= 15 is 0 Å². The van der Waals surface area contributed by atoms with Crippen molar-refractivity contribution in [2.75, 3.05) is 13.1 Å². The lowest BCUT2D eigenvalue weighted by Gasteiger charge is -2.52. The fourth-order valence-electron chi connectivity index (χ4n) is 5.75. The Morgan fingerprint density at radius 3 is 2.67 bits per heavy atom. The maximum atomic E-state index is 13.5. The number of nitrogens with zero attached hydrogens (tertiary/aromatic N) is 2. The van der Waals surface area contributed by atoms with Gasteiger partial charge in [-0.1, -0.05) is 56.3 Å². The van der Waals surface area contributed by atoms with Crippen molar-refractivity contribution in [1.29, 1.82) is 0 Å². The van der Waals surface area contributed by atoms with Gasteiger partial charge in [-0.15, -0.1) is 0 Å². The summed E-state index contributed by atoms with van der Waals surface area (Å²) in [5.41, 5.74) is 2.78. The van der Waals surface area contributed by atoms with Gasteiger partial charge in [0.25, 0.3) is 0 Å². The minimum atomic E-state index is -3.72. The second kappa shape index (κ2) is 9.01. The Balaban J connectivity index is 1.56. The van der Waals surface area contributed by atoms with Crippen LogP contribution in [0.1, 0.15) is 43.4 Å². The maximum Gasteiger partial charge on any atom is 0.241 e. The molecule has 3 aliphatic rings. The molecule has 3 saturated heterocycles. The van der Waals surface area contributed by atoms with Crippen molar-refractivity contribution in [2.45, 2.75) is 43.2 Å². The van der Waals surface area contributed by atoms with E-state index in [1.54, 1.807) is 36.5 Å². The highest BCUT2D eigenvalue weighted by Gasteiger charge is 2.44. The van der Waals surface area contributed by atoms with Gasteiger partial charge < -0.3 is 0 Å². The van der Waals surface area contributed by atoms with Crippen molar-refractivity contribution in [1.82, 2.24) is 14.6 Å². The Kier molecular flexibility index (Phi) is 6.08. The quantitative estimate of drug-likeness (QED) is 0.537. The van der Waals surface area contributed by atoms with Crippen LogP contribution in [-0.2, 0) is 10.0 Å². The molecule has 0 spiro atoms. The fraction of sp³-hybridized carbons (Fsp3) is 0.370. The molecule has 0 amide bonds. The molecule has 1 aromatic heterocycles. The van der Waals surface area contributed by atoms with Crippen molar-refractivity contribution in [2.24, 2.45) is 11.8 Å². The zero-order valence-corrected chi connectivity index (χ0v) is 19.8. The Hall–Kier alpha value is -2.54. The van der Waals surface area contributed by atoms with Crippen molar-refractivity contribution in [3.8, 4) is 0 Å². The van der Waals surface area contributed by atoms with Gasteiger partial charge in [-0.2, -0.15) is 0 Å². The molecule has 4 heterocycles. The number of hydrogen-bond donors (Lipinski definition) is 1. The number of para-hydroxylation sites is 1. The molecular weight excluding hydrogens is 430 g/mol. The van der Waals surface area contributed by atoms with Crippen molar-refractivity contribution >= 4 is 27.0 Å². The standard InChI is InChI=1S/C27H31N3O2S/c1-3-19-9-11-22(12-10-19)33(31,32)29-27(24-13-15-28-25-8-6-5-7-23(24)25)26-17-21-14-16-30(26)18-20(21)4-2/h3,5-13,15,20-21,26-27,29H,1,4,14,16-18H2,2H3. The zero-order chi connectivity index (χ0) is 23.0. The van der Waals surface area contributed by atoms with Gasteiger partial charge >= 0.3 is 0 Å². The van der Waals surface area contributed by atoms with Gasteiger partial charge in [0, 0.05) is 24.2 Å². The molecule has 33 heavy (non-hydrogen) atoms. The number of pyridine rings is 1. The van der Waals surface area contributed by atoms with Crippen LogP contribution in [0.3, 0.4) is 0 Å². The number of benzene rings is 2. The van der Waals surface area contributed by atoms with E-state index < -0.39 is 10.0 Å². The van der Waals surface area contributed by atoms with E-state index in [0.29, 0.717) is 11.8 Å². The predicted molar refractivity (Wildman–Crippen MR) is 133 cm³/mol. The number of fused-ring (bicyclic) bond motifs is 4. The van der Waals surface area contributed by atoms with Crippen LogP contribution in [0.5, 0.6) is 0 Å². The van der Waals surface area contributed by atoms with Crippen molar-refractivity contribution in [3.63, 3.8) is 0 Å². The summed E-state index contributed by atoms with van der Waals surface area (Å²) < 4.78 is 30.2. The van der Waals surface area contributed by atoms with Crippen LogP contribution < -0.4 is 4.72 Å². The summed E-state index contributed by atoms with van der Waals surface area (Å²) in [4.78, 5) is 7.30. The van der Waals surface area contributed by atoms with Crippen LogP contribution in [0, 0.1) is 11.8 Å². The number of sulfonamides is 1. The number of piperidine rings is 3. The number of hydrogen-bond acceptors (Lipinski definition) is 4. The highest BCUT2D eigenvalue weighted by molar-refractivity contribution is 7.89. The van der Waals surface area contributed by atoms with E-state index in [2.05, 4.69) is 28.1 Å². The Morgan fingerprint density at radius 2 is 1.97 bits per heavy atom. The zero-order valence-electron chi connectivity index (χ0n) is 19.0. The first-order valence-electron chi connectivity index (χ1n) is 11.8. The van der Waals surface area contributed by atoms with Gasteiger partial charge in [0.1, 0.15) is 0 Å². The number of aromatic nitrogens is 1. The van der Waals surface area contributed by atoms with Gasteiger partial charge in [-0.05, 0) is 66.6 Å². The lowest BCUT2D eigenvalue weighted by Crippen LogP contribution is -2.57. The third-order valence-corrected chi connectivity index (χ3v) is 9.03. The van der Waals surface area contributed by atoms with Crippen LogP contribution in [0.25, 0.3) is 17.0 Å². The van der Waals surface area contributed by atoms with Crippen LogP contribution in [-0.4, -0.2) is 37.4 Å². The summed E-state index contributed by atoms with van der Waals surface area (Å²) in [6.07, 6.45) is 6.90. The van der Waals surface area contributed by atoms with E-state index in [0.717, 1.165) is 41.5 Å². The molecule has 5 nitrogen and oxygen atoms in total. The van der Waals surface area contributed by atoms with Crippen molar-refractivity contribution in [3.05, 3.63) is 78.5 Å². The lowest BCUT2D eigenvalue weighted by molar-refractivity contribution is -0.0128. The van der Waals surface area contributed by atoms with Gasteiger partial charge in [0.05, 0.1) is 16.5 Å². The van der Waals surface area contributed by atoms with E-state index in [-0.39, 0.29) is 17.0 Å². The molecule has 0 saturated carbocycles. The average molecular weight is 462 g/mol. The van der Waals surface area contributed by atoms with Gasteiger partial charge in [-0.25, -0.2) is 13.1 Å². The maximum absolute atomic E-state index is 13.5. The smallest absolute Gasteiger partial charge is 0.241 e. The Morgan fingerprint density at radius 1 is 1.18 bits per heavy atom. The van der Waals surface area contributed by atoms with E-state index in [1.165, 1.54) is 12.8 Å². The molecular formula is C27H31N3O2S. The molecule has 1 N–H and O–H groups in total. The van der Waals surface area contributed by atoms with Crippen LogP contribution in [0.2, 0.25) is 0 Å². The molecule has 5 atom stereocenters.